The molecule has 2 nitrogen and oxygen atoms in total. The molecule has 0 amide bonds. The standard InChI is InChI=1S/C5H12N2.H2S2/c1-7-4-2-6-3-5-7;1-2/h6H,2-5H2,1H3;1-2H. The van der Waals surface area contributed by atoms with Crippen LogP contribution in [-0.4, -0.2) is 38.1 Å². The van der Waals surface area contributed by atoms with E-state index in [9.17, 15) is 0 Å². The molecule has 0 aromatic rings. The first-order valence-corrected chi connectivity index (χ1v) is 4.59. The number of hydrogen-bond acceptors (Lipinski definition) is 4. The van der Waals surface area contributed by atoms with Gasteiger partial charge in [-0.05, 0) is 7.05 Å². The van der Waals surface area contributed by atoms with Crippen molar-refractivity contribution in [2.24, 2.45) is 0 Å². The van der Waals surface area contributed by atoms with Crippen LogP contribution in [0, 0.1) is 0 Å². The third-order valence-electron chi connectivity index (χ3n) is 1.34. The molecule has 9 heavy (non-hydrogen) atoms. The summed E-state index contributed by atoms with van der Waals surface area (Å²) in [6.45, 7) is 4.74. The van der Waals surface area contributed by atoms with Crippen LogP contribution in [0.1, 0.15) is 0 Å². The van der Waals surface area contributed by atoms with E-state index in [0.29, 0.717) is 0 Å². The zero-order chi connectivity index (χ0) is 7.11. The summed E-state index contributed by atoms with van der Waals surface area (Å²) in [4.78, 5) is 2.33. The first-order valence-electron chi connectivity index (χ1n) is 2.99. The maximum atomic E-state index is 3.27. The fourth-order valence-electron chi connectivity index (χ4n) is 0.777. The third kappa shape index (κ3) is 5.08. The summed E-state index contributed by atoms with van der Waals surface area (Å²) in [5.74, 6) is 0. The zero-order valence-electron chi connectivity index (χ0n) is 5.67. The van der Waals surface area contributed by atoms with Gasteiger partial charge >= 0.3 is 0 Å². The molecule has 1 saturated heterocycles. The van der Waals surface area contributed by atoms with Gasteiger partial charge in [-0.3, -0.25) is 0 Å². The van der Waals surface area contributed by atoms with Gasteiger partial charge < -0.3 is 10.2 Å². The van der Waals surface area contributed by atoms with Crippen molar-refractivity contribution in [1.82, 2.24) is 10.2 Å². The van der Waals surface area contributed by atoms with Crippen molar-refractivity contribution >= 4 is 23.3 Å². The quantitative estimate of drug-likeness (QED) is 0.354. The predicted molar refractivity (Wildman–Crippen MR) is 48.3 cm³/mol. The summed E-state index contributed by atoms with van der Waals surface area (Å²) in [6.07, 6.45) is 0. The van der Waals surface area contributed by atoms with Gasteiger partial charge in [0.15, 0.2) is 0 Å². The lowest BCUT2D eigenvalue weighted by Gasteiger charge is -2.21. The van der Waals surface area contributed by atoms with Crippen molar-refractivity contribution in [2.75, 3.05) is 33.2 Å². The molecular weight excluding hydrogens is 152 g/mol. The highest BCUT2D eigenvalue weighted by Gasteiger charge is 2.01. The van der Waals surface area contributed by atoms with E-state index in [1.165, 1.54) is 13.1 Å². The molecule has 1 heterocycles. The summed E-state index contributed by atoms with van der Waals surface area (Å²) < 4.78 is 0. The molecule has 0 saturated carbocycles. The van der Waals surface area contributed by atoms with Crippen LogP contribution in [0.2, 0.25) is 0 Å². The smallest absolute Gasteiger partial charge is 0.0104 e. The molecule has 56 valence electrons. The normalized spacial score (nSPS) is 20.3. The maximum absolute atomic E-state index is 3.27. The molecule has 0 aromatic carbocycles. The highest BCUT2D eigenvalue weighted by molar-refractivity contribution is 8.59. The lowest BCUT2D eigenvalue weighted by atomic mass is 10.4. The molecule has 0 radical (unpaired) electrons. The van der Waals surface area contributed by atoms with E-state index < -0.39 is 0 Å². The SMILES string of the molecule is CN1CCNCC1.SS. The van der Waals surface area contributed by atoms with Crippen molar-refractivity contribution < 1.29 is 0 Å². The van der Waals surface area contributed by atoms with Gasteiger partial charge in [0, 0.05) is 26.2 Å². The molecule has 1 N–H and O–H groups in total. The van der Waals surface area contributed by atoms with Gasteiger partial charge in [-0.1, -0.05) is 0 Å². The average molecular weight is 166 g/mol. The van der Waals surface area contributed by atoms with Crippen LogP contribution in [0.5, 0.6) is 0 Å². The monoisotopic (exact) mass is 166 g/mol. The highest BCUT2D eigenvalue weighted by atomic mass is 33.1. The number of rotatable bonds is 0. The largest absolute Gasteiger partial charge is 0.314 e. The van der Waals surface area contributed by atoms with Gasteiger partial charge in [0.25, 0.3) is 0 Å². The summed E-state index contributed by atoms with van der Waals surface area (Å²) in [5, 5.41) is 3.27. The lowest BCUT2D eigenvalue weighted by Crippen LogP contribution is -2.40. The molecule has 0 bridgehead atoms. The minimum absolute atomic E-state index is 1.16. The summed E-state index contributed by atoms with van der Waals surface area (Å²) in [6, 6.07) is 0. The van der Waals surface area contributed by atoms with E-state index in [1.807, 2.05) is 0 Å². The highest BCUT2D eigenvalue weighted by Crippen LogP contribution is 1.82. The van der Waals surface area contributed by atoms with E-state index >= 15 is 0 Å². The van der Waals surface area contributed by atoms with E-state index in [2.05, 4.69) is 40.6 Å². The molecule has 0 unspecified atom stereocenters. The van der Waals surface area contributed by atoms with Gasteiger partial charge in [-0.2, -0.15) is 0 Å². The van der Waals surface area contributed by atoms with E-state index in [1.54, 1.807) is 0 Å². The third-order valence-corrected chi connectivity index (χ3v) is 1.34. The summed E-state index contributed by atoms with van der Waals surface area (Å²) in [5.41, 5.74) is 0. The van der Waals surface area contributed by atoms with Gasteiger partial charge in [0.2, 0.25) is 0 Å². The van der Waals surface area contributed by atoms with Gasteiger partial charge in [-0.25, -0.2) is 0 Å². The van der Waals surface area contributed by atoms with E-state index in [-0.39, 0.29) is 0 Å². The molecule has 1 rings (SSSR count). The Morgan fingerprint density at radius 1 is 1.22 bits per heavy atom. The Hall–Kier alpha value is 0.620. The summed E-state index contributed by atoms with van der Waals surface area (Å²) >= 11 is 6.44. The van der Waals surface area contributed by atoms with Crippen LogP contribution in [0.15, 0.2) is 0 Å². The minimum atomic E-state index is 1.16. The fraction of sp³-hybridized carbons (Fsp3) is 1.00. The van der Waals surface area contributed by atoms with Crippen molar-refractivity contribution in [1.29, 1.82) is 0 Å². The number of nitrogens with zero attached hydrogens (tertiary/aromatic N) is 1. The van der Waals surface area contributed by atoms with Crippen molar-refractivity contribution in [3.8, 4) is 0 Å². The zero-order valence-corrected chi connectivity index (χ0v) is 7.46. The first-order chi connectivity index (χ1) is 4.39. The topological polar surface area (TPSA) is 15.3 Å². The number of thiol groups is 2. The van der Waals surface area contributed by atoms with E-state index in [0.717, 1.165) is 13.1 Å². The van der Waals surface area contributed by atoms with Crippen LogP contribution >= 0.6 is 23.3 Å². The Bertz CT molecular complexity index is 54.9. The van der Waals surface area contributed by atoms with Crippen molar-refractivity contribution in [3.63, 3.8) is 0 Å². The second kappa shape index (κ2) is 6.74. The van der Waals surface area contributed by atoms with Crippen molar-refractivity contribution in [3.05, 3.63) is 0 Å². The Labute approximate surface area is 67.2 Å². The molecule has 1 aliphatic heterocycles. The van der Waals surface area contributed by atoms with Crippen molar-refractivity contribution in [2.45, 2.75) is 0 Å². The van der Waals surface area contributed by atoms with Crippen LogP contribution in [0.3, 0.4) is 0 Å². The Balaban J connectivity index is 0.000000291. The molecule has 4 heteroatoms. The molecule has 1 aliphatic rings. The lowest BCUT2D eigenvalue weighted by molar-refractivity contribution is 0.291. The molecule has 0 aliphatic carbocycles. The summed E-state index contributed by atoms with van der Waals surface area (Å²) in [7, 11) is 2.15. The van der Waals surface area contributed by atoms with Gasteiger partial charge in [0.1, 0.15) is 0 Å². The molecular formula is C5H14N2S2. The van der Waals surface area contributed by atoms with Crippen LogP contribution in [-0.2, 0) is 0 Å². The van der Waals surface area contributed by atoms with Crippen LogP contribution in [0.4, 0.5) is 0 Å². The molecule has 0 spiro atoms. The number of hydrogen-bond donors (Lipinski definition) is 3. The average Bonchev–Trinajstić information content (AvgIpc) is 1.94. The number of nitrogens with one attached hydrogen (secondary N) is 1. The number of piperazine rings is 1. The maximum Gasteiger partial charge on any atom is 0.0104 e. The number of likely N-dealkylation sites (N-methyl/N-ethyl adjacent to an activating group) is 1. The van der Waals surface area contributed by atoms with Crippen LogP contribution in [0.25, 0.3) is 0 Å². The van der Waals surface area contributed by atoms with E-state index in [4.69, 9.17) is 0 Å². The first kappa shape index (κ1) is 9.62. The Kier molecular flexibility index (Phi) is 7.20. The molecule has 0 aromatic heterocycles. The van der Waals surface area contributed by atoms with Crippen LogP contribution < -0.4 is 5.32 Å². The second-order valence-corrected chi connectivity index (χ2v) is 2.05. The Morgan fingerprint density at radius 2 is 1.67 bits per heavy atom. The fourth-order valence-corrected chi connectivity index (χ4v) is 0.777. The van der Waals surface area contributed by atoms with Gasteiger partial charge in [0.05, 0.1) is 0 Å². The minimum Gasteiger partial charge on any atom is -0.314 e. The molecule has 0 atom stereocenters. The predicted octanol–water partition coefficient (Wildman–Crippen LogP) is 0.282. The Morgan fingerprint density at radius 3 is 1.89 bits per heavy atom. The van der Waals surface area contributed by atoms with Gasteiger partial charge in [-0.15, -0.1) is 23.3 Å². The molecule has 1 fully saturated rings. The second-order valence-electron chi connectivity index (χ2n) is 2.05.